The van der Waals surface area contributed by atoms with Gasteiger partial charge in [-0.15, -0.1) is 0 Å². The maximum atomic E-state index is 13.1. The second-order valence-corrected chi connectivity index (χ2v) is 6.71. The first-order valence-electron chi connectivity index (χ1n) is 8.79. The highest BCUT2D eigenvalue weighted by Gasteiger charge is 2.20. The molecule has 7 nitrogen and oxygen atoms in total. The van der Waals surface area contributed by atoms with E-state index in [2.05, 4.69) is 20.7 Å². The average Bonchev–Trinajstić information content (AvgIpc) is 3.03. The van der Waals surface area contributed by atoms with Gasteiger partial charge in [-0.1, -0.05) is 48.0 Å². The number of fused-ring (bicyclic) bond motifs is 1. The SMILES string of the molecule is Cc1c(/C=N\Nc2cn[nH]c(=O)c2Cl)c2ccccn2c1C(=O)c1ccccc1. The second kappa shape index (κ2) is 7.73. The van der Waals surface area contributed by atoms with E-state index in [-0.39, 0.29) is 16.5 Å². The zero-order chi connectivity index (χ0) is 20.4. The lowest BCUT2D eigenvalue weighted by atomic mass is 10.0. The predicted octanol–water partition coefficient (Wildman–Crippen LogP) is 3.66. The Hall–Kier alpha value is -3.71. The van der Waals surface area contributed by atoms with E-state index in [1.54, 1.807) is 18.3 Å². The molecule has 2 N–H and O–H groups in total. The van der Waals surface area contributed by atoms with Gasteiger partial charge in [0.2, 0.25) is 5.78 Å². The number of aromatic nitrogens is 3. The van der Waals surface area contributed by atoms with Crippen LogP contribution in [0.3, 0.4) is 0 Å². The molecule has 3 heterocycles. The Labute approximate surface area is 170 Å². The number of hydrogen-bond acceptors (Lipinski definition) is 5. The van der Waals surface area contributed by atoms with Crippen molar-refractivity contribution in [2.75, 3.05) is 5.43 Å². The molecule has 0 amide bonds. The first-order valence-corrected chi connectivity index (χ1v) is 9.17. The van der Waals surface area contributed by atoms with Crippen molar-refractivity contribution in [3.8, 4) is 0 Å². The van der Waals surface area contributed by atoms with Gasteiger partial charge >= 0.3 is 0 Å². The Morgan fingerprint density at radius 2 is 1.97 bits per heavy atom. The summed E-state index contributed by atoms with van der Waals surface area (Å²) in [5.74, 6) is -0.0706. The maximum Gasteiger partial charge on any atom is 0.285 e. The summed E-state index contributed by atoms with van der Waals surface area (Å²) in [5, 5.41) is 10.1. The predicted molar refractivity (Wildman–Crippen MR) is 113 cm³/mol. The number of pyridine rings is 1. The van der Waals surface area contributed by atoms with Gasteiger partial charge in [-0.2, -0.15) is 10.2 Å². The van der Waals surface area contributed by atoms with Crippen molar-refractivity contribution in [3.63, 3.8) is 0 Å². The molecule has 0 aliphatic rings. The van der Waals surface area contributed by atoms with Crippen LogP contribution >= 0.6 is 11.6 Å². The zero-order valence-electron chi connectivity index (χ0n) is 15.4. The van der Waals surface area contributed by atoms with Crippen molar-refractivity contribution in [2.45, 2.75) is 6.92 Å². The first-order chi connectivity index (χ1) is 14.1. The number of H-pyrrole nitrogens is 1. The molecule has 0 radical (unpaired) electrons. The topological polar surface area (TPSA) is 91.6 Å². The number of ketones is 1. The number of hydrazone groups is 1. The first kappa shape index (κ1) is 18.6. The van der Waals surface area contributed by atoms with Crippen LogP contribution in [0.15, 0.2) is 70.8 Å². The van der Waals surface area contributed by atoms with E-state index in [9.17, 15) is 9.59 Å². The Bertz CT molecular complexity index is 1290. The fourth-order valence-electron chi connectivity index (χ4n) is 3.15. The highest BCUT2D eigenvalue weighted by molar-refractivity contribution is 6.32. The zero-order valence-corrected chi connectivity index (χ0v) is 16.1. The number of halogens is 1. The lowest BCUT2D eigenvalue weighted by Crippen LogP contribution is -2.10. The maximum absolute atomic E-state index is 13.1. The van der Waals surface area contributed by atoms with Crippen LogP contribution in [-0.4, -0.2) is 26.6 Å². The summed E-state index contributed by atoms with van der Waals surface area (Å²) in [6.45, 7) is 1.88. The van der Waals surface area contributed by atoms with Crippen LogP contribution < -0.4 is 11.0 Å². The minimum atomic E-state index is -0.506. The van der Waals surface area contributed by atoms with E-state index in [0.29, 0.717) is 11.3 Å². The average molecular weight is 406 g/mol. The number of carbonyl (C=O) groups excluding carboxylic acids is 1. The van der Waals surface area contributed by atoms with Crippen LogP contribution in [0.5, 0.6) is 0 Å². The molecule has 0 fully saturated rings. The van der Waals surface area contributed by atoms with Gasteiger partial charge in [-0.25, -0.2) is 5.10 Å². The van der Waals surface area contributed by atoms with E-state index in [4.69, 9.17) is 11.6 Å². The number of aromatic amines is 1. The van der Waals surface area contributed by atoms with Crippen LogP contribution in [0.25, 0.3) is 5.52 Å². The third-order valence-electron chi connectivity index (χ3n) is 4.56. The molecule has 0 atom stereocenters. The van der Waals surface area contributed by atoms with Gasteiger partial charge in [0.15, 0.2) is 0 Å². The quantitative estimate of drug-likeness (QED) is 0.301. The monoisotopic (exact) mass is 405 g/mol. The summed E-state index contributed by atoms with van der Waals surface area (Å²) < 4.78 is 1.85. The van der Waals surface area contributed by atoms with Gasteiger partial charge in [0.25, 0.3) is 5.56 Å². The molecule has 0 bridgehead atoms. The summed E-state index contributed by atoms with van der Waals surface area (Å²) in [4.78, 5) is 24.7. The molecule has 0 unspecified atom stereocenters. The van der Waals surface area contributed by atoms with Gasteiger partial charge in [-0.05, 0) is 24.6 Å². The Balaban J connectivity index is 1.76. The summed E-state index contributed by atoms with van der Waals surface area (Å²) in [5.41, 5.74) is 6.11. The number of anilines is 1. The Kier molecular flexibility index (Phi) is 4.97. The molecule has 1 aromatic carbocycles. The van der Waals surface area contributed by atoms with Crippen LogP contribution in [0.4, 0.5) is 5.69 Å². The van der Waals surface area contributed by atoms with Crippen molar-refractivity contribution < 1.29 is 4.79 Å². The van der Waals surface area contributed by atoms with Gasteiger partial charge < -0.3 is 4.40 Å². The molecule has 8 heteroatoms. The minimum Gasteiger partial charge on any atom is -0.313 e. The van der Waals surface area contributed by atoms with Crippen molar-refractivity contribution in [1.29, 1.82) is 0 Å². The molecule has 29 heavy (non-hydrogen) atoms. The lowest BCUT2D eigenvalue weighted by molar-refractivity contribution is 0.103. The smallest absolute Gasteiger partial charge is 0.285 e. The van der Waals surface area contributed by atoms with E-state index in [1.807, 2.05) is 53.9 Å². The highest BCUT2D eigenvalue weighted by Crippen LogP contribution is 2.24. The Morgan fingerprint density at radius 1 is 1.21 bits per heavy atom. The third-order valence-corrected chi connectivity index (χ3v) is 4.94. The normalized spacial score (nSPS) is 11.2. The molecule has 0 spiro atoms. The van der Waals surface area contributed by atoms with Crippen LogP contribution in [-0.2, 0) is 0 Å². The van der Waals surface area contributed by atoms with Crippen molar-refractivity contribution in [2.24, 2.45) is 5.10 Å². The number of benzene rings is 1. The molecular weight excluding hydrogens is 390 g/mol. The summed E-state index contributed by atoms with van der Waals surface area (Å²) in [7, 11) is 0. The molecule has 144 valence electrons. The van der Waals surface area contributed by atoms with E-state index >= 15 is 0 Å². The van der Waals surface area contributed by atoms with Crippen LogP contribution in [0.1, 0.15) is 27.2 Å². The summed E-state index contributed by atoms with van der Waals surface area (Å²) >= 11 is 5.95. The molecule has 0 aliphatic carbocycles. The van der Waals surface area contributed by atoms with E-state index in [0.717, 1.165) is 16.6 Å². The Morgan fingerprint density at radius 3 is 2.76 bits per heavy atom. The van der Waals surface area contributed by atoms with Crippen molar-refractivity contribution in [3.05, 3.63) is 98.7 Å². The molecule has 0 aliphatic heterocycles. The molecule has 4 aromatic rings. The molecule has 0 saturated heterocycles. The number of nitrogens with one attached hydrogen (secondary N) is 2. The van der Waals surface area contributed by atoms with Crippen molar-refractivity contribution >= 4 is 34.8 Å². The van der Waals surface area contributed by atoms with Gasteiger partial charge in [0.05, 0.1) is 23.6 Å². The number of carbonyl (C=O) groups is 1. The molecule has 4 rings (SSSR count). The van der Waals surface area contributed by atoms with Gasteiger partial charge in [-0.3, -0.25) is 15.0 Å². The number of hydrogen-bond donors (Lipinski definition) is 2. The molecular formula is C21H16ClN5O2. The third kappa shape index (κ3) is 3.43. The van der Waals surface area contributed by atoms with Crippen LogP contribution in [0, 0.1) is 6.92 Å². The largest absolute Gasteiger partial charge is 0.313 e. The molecule has 0 saturated carbocycles. The summed E-state index contributed by atoms with van der Waals surface area (Å²) in [6.07, 6.45) is 4.82. The lowest BCUT2D eigenvalue weighted by Gasteiger charge is -2.03. The highest BCUT2D eigenvalue weighted by atomic mass is 35.5. The van der Waals surface area contributed by atoms with E-state index in [1.165, 1.54) is 6.20 Å². The van der Waals surface area contributed by atoms with Gasteiger partial charge in [0.1, 0.15) is 10.7 Å². The minimum absolute atomic E-state index is 0.0319. The number of rotatable bonds is 5. The fraction of sp³-hybridized carbons (Fsp3) is 0.0476. The second-order valence-electron chi connectivity index (χ2n) is 6.34. The summed E-state index contributed by atoms with van der Waals surface area (Å²) in [6, 6.07) is 14.8. The molecule has 3 aromatic heterocycles. The fourth-order valence-corrected chi connectivity index (χ4v) is 3.29. The van der Waals surface area contributed by atoms with Crippen molar-refractivity contribution in [1.82, 2.24) is 14.6 Å². The van der Waals surface area contributed by atoms with Gasteiger partial charge in [0, 0.05) is 17.3 Å². The standard InChI is InChI=1S/C21H16ClN5O2/c1-13-15(11-23-25-16-12-24-26-21(29)18(16)22)17-9-5-6-10-27(17)19(13)20(28)14-7-3-2-4-8-14/h2-12H,1H3,(H2,25,26,29)/b23-11-. The number of nitrogens with zero attached hydrogens (tertiary/aromatic N) is 3. The van der Waals surface area contributed by atoms with E-state index < -0.39 is 5.56 Å². The van der Waals surface area contributed by atoms with Crippen LogP contribution in [0.2, 0.25) is 5.02 Å².